The van der Waals surface area contributed by atoms with E-state index >= 15 is 0 Å². The van der Waals surface area contributed by atoms with Gasteiger partial charge in [-0.3, -0.25) is 19.2 Å². The predicted octanol–water partition coefficient (Wildman–Crippen LogP) is 2.42. The van der Waals surface area contributed by atoms with Crippen LogP contribution in [0.15, 0.2) is 0 Å². The molecule has 8 nitrogen and oxygen atoms in total. The number of Topliss-reactive ketones (excluding diaryl/α,β-unsaturated/α-hetero) is 1. The third kappa shape index (κ3) is 4.99. The van der Waals surface area contributed by atoms with Crippen LogP contribution in [0.5, 0.6) is 0 Å². The van der Waals surface area contributed by atoms with E-state index < -0.39 is 23.5 Å². The van der Waals surface area contributed by atoms with Crippen LogP contribution in [0.25, 0.3) is 0 Å². The Bertz CT molecular complexity index is 926. The zero-order chi connectivity index (χ0) is 25.8. The molecule has 6 unspecified atom stereocenters. The van der Waals surface area contributed by atoms with E-state index in [1.54, 1.807) is 4.90 Å². The van der Waals surface area contributed by atoms with Crippen molar-refractivity contribution < 1.29 is 19.2 Å². The van der Waals surface area contributed by atoms with Gasteiger partial charge in [0, 0.05) is 25.8 Å². The number of nitrogens with one attached hydrogen (secondary N) is 2. The molecule has 6 atom stereocenters. The zero-order valence-electron chi connectivity index (χ0n) is 21.8. The van der Waals surface area contributed by atoms with Crippen molar-refractivity contribution in [3.05, 3.63) is 0 Å². The first-order valence-corrected chi connectivity index (χ1v) is 12.3. The van der Waals surface area contributed by atoms with E-state index in [2.05, 4.69) is 30.6 Å². The van der Waals surface area contributed by atoms with Crippen molar-refractivity contribution in [2.75, 3.05) is 6.54 Å². The van der Waals surface area contributed by atoms with Crippen LogP contribution in [0.1, 0.15) is 74.7 Å². The standard InChI is InChI=1S/C26H40N4O4/c1-14(31)28-21(24(2,3)4)23(34)30-13-17-19(26(17,7)8)20(30)22(33)29-16(12-27)9-15-10-25(5,6)11-18(15)32/h15-17,19-21H,9-11,13H2,1-8H3,(H,28,31)(H,29,33). The topological polar surface area (TPSA) is 119 Å². The SMILES string of the molecule is CC(=O)NC(C(=O)N1CC2C(C1C(=O)NC(C#N)CC1CC(C)(C)CC1=O)C2(C)C)C(C)(C)C. The van der Waals surface area contributed by atoms with E-state index in [4.69, 9.17) is 0 Å². The molecule has 2 N–H and O–H groups in total. The van der Waals surface area contributed by atoms with Crippen LogP contribution >= 0.6 is 0 Å². The van der Waals surface area contributed by atoms with Crippen LogP contribution in [0.3, 0.4) is 0 Å². The van der Waals surface area contributed by atoms with Crippen molar-refractivity contribution in [3.63, 3.8) is 0 Å². The number of carbonyl (C=O) groups excluding carboxylic acids is 4. The highest BCUT2D eigenvalue weighted by molar-refractivity contribution is 5.94. The zero-order valence-corrected chi connectivity index (χ0v) is 21.8. The molecule has 3 aliphatic rings. The number of ketones is 1. The third-order valence-electron chi connectivity index (χ3n) is 8.12. The van der Waals surface area contributed by atoms with E-state index in [1.165, 1.54) is 6.92 Å². The number of nitrogens with zero attached hydrogens (tertiary/aromatic N) is 2. The lowest BCUT2D eigenvalue weighted by Gasteiger charge is -2.37. The summed E-state index contributed by atoms with van der Waals surface area (Å²) in [5, 5.41) is 15.4. The second-order valence-corrected chi connectivity index (χ2v) is 13.0. The molecule has 2 aliphatic carbocycles. The number of carbonyl (C=O) groups is 4. The monoisotopic (exact) mass is 472 g/mol. The van der Waals surface area contributed by atoms with Crippen LogP contribution in [-0.4, -0.2) is 53.1 Å². The van der Waals surface area contributed by atoms with Gasteiger partial charge in [-0.15, -0.1) is 0 Å². The summed E-state index contributed by atoms with van der Waals surface area (Å²) in [7, 11) is 0. The number of amides is 3. The van der Waals surface area contributed by atoms with Crippen LogP contribution < -0.4 is 10.6 Å². The van der Waals surface area contributed by atoms with E-state index in [9.17, 15) is 24.4 Å². The molecule has 0 radical (unpaired) electrons. The fraction of sp³-hybridized carbons (Fsp3) is 0.808. The minimum absolute atomic E-state index is 0.000727. The Balaban J connectivity index is 1.78. The smallest absolute Gasteiger partial charge is 0.246 e. The van der Waals surface area contributed by atoms with Gasteiger partial charge in [0.2, 0.25) is 17.7 Å². The predicted molar refractivity (Wildman–Crippen MR) is 127 cm³/mol. The Kier molecular flexibility index (Phi) is 6.67. The van der Waals surface area contributed by atoms with Crippen LogP contribution in [-0.2, 0) is 19.2 Å². The lowest BCUT2D eigenvalue weighted by atomic mass is 9.85. The van der Waals surface area contributed by atoms with Gasteiger partial charge in [-0.05, 0) is 40.9 Å². The minimum Gasteiger partial charge on any atom is -0.344 e. The number of rotatable bonds is 6. The highest BCUT2D eigenvalue weighted by atomic mass is 16.2. The molecule has 8 heteroatoms. The molecule has 0 aromatic carbocycles. The average molecular weight is 473 g/mol. The summed E-state index contributed by atoms with van der Waals surface area (Å²) in [5.41, 5.74) is -0.689. The van der Waals surface area contributed by atoms with Gasteiger partial charge in [-0.1, -0.05) is 48.5 Å². The van der Waals surface area contributed by atoms with E-state index in [1.807, 2.05) is 34.6 Å². The van der Waals surface area contributed by atoms with Crippen molar-refractivity contribution >= 4 is 23.5 Å². The second-order valence-electron chi connectivity index (χ2n) is 13.0. The van der Waals surface area contributed by atoms with Gasteiger partial charge in [0.05, 0.1) is 6.07 Å². The number of nitriles is 1. The largest absolute Gasteiger partial charge is 0.344 e. The molecule has 3 fully saturated rings. The maximum absolute atomic E-state index is 13.6. The Morgan fingerprint density at radius 3 is 2.26 bits per heavy atom. The Morgan fingerprint density at radius 1 is 1.18 bits per heavy atom. The first-order chi connectivity index (χ1) is 15.5. The summed E-state index contributed by atoms with van der Waals surface area (Å²) < 4.78 is 0. The molecule has 3 rings (SSSR count). The first kappa shape index (κ1) is 26.2. The molecular formula is C26H40N4O4. The fourth-order valence-corrected chi connectivity index (χ4v) is 6.20. The summed E-state index contributed by atoms with van der Waals surface area (Å²) in [4.78, 5) is 52.9. The molecule has 2 saturated carbocycles. The third-order valence-corrected chi connectivity index (χ3v) is 8.12. The van der Waals surface area contributed by atoms with Crippen LogP contribution in [0.2, 0.25) is 0 Å². The summed E-state index contributed by atoms with van der Waals surface area (Å²) in [6, 6.07) is -0.0918. The molecule has 0 spiro atoms. The molecule has 34 heavy (non-hydrogen) atoms. The summed E-state index contributed by atoms with van der Waals surface area (Å²) in [6.45, 7) is 15.8. The molecule has 0 bridgehead atoms. The van der Waals surface area contributed by atoms with Crippen molar-refractivity contribution in [3.8, 4) is 6.07 Å². The van der Waals surface area contributed by atoms with E-state index in [-0.39, 0.29) is 52.1 Å². The first-order valence-electron chi connectivity index (χ1n) is 12.3. The molecule has 1 aliphatic heterocycles. The quantitative estimate of drug-likeness (QED) is 0.615. The molecule has 1 heterocycles. The lowest BCUT2D eigenvalue weighted by molar-refractivity contribution is -0.145. The van der Waals surface area contributed by atoms with E-state index in [0.717, 1.165) is 0 Å². The number of likely N-dealkylation sites (tertiary alicyclic amines) is 1. The van der Waals surface area contributed by atoms with Gasteiger partial charge >= 0.3 is 0 Å². The maximum Gasteiger partial charge on any atom is 0.246 e. The molecule has 188 valence electrons. The molecular weight excluding hydrogens is 432 g/mol. The van der Waals surface area contributed by atoms with Crippen molar-refractivity contribution in [1.29, 1.82) is 5.26 Å². The van der Waals surface area contributed by atoms with Gasteiger partial charge in [0.25, 0.3) is 0 Å². The Morgan fingerprint density at radius 2 is 1.79 bits per heavy atom. The number of hydrogen-bond donors (Lipinski definition) is 2. The van der Waals surface area contributed by atoms with Crippen LogP contribution in [0.4, 0.5) is 0 Å². The summed E-state index contributed by atoms with van der Waals surface area (Å²) in [5.74, 6) is -0.818. The average Bonchev–Trinajstić information content (AvgIpc) is 2.99. The minimum atomic E-state index is -0.790. The lowest BCUT2D eigenvalue weighted by Crippen LogP contribution is -2.59. The van der Waals surface area contributed by atoms with E-state index in [0.29, 0.717) is 25.8 Å². The number of fused-ring (bicyclic) bond motifs is 1. The Hall–Kier alpha value is -2.43. The number of piperidine rings is 1. The van der Waals surface area contributed by atoms with Gasteiger partial charge in [-0.25, -0.2) is 0 Å². The summed E-state index contributed by atoms with van der Waals surface area (Å²) in [6.07, 6.45) is 1.48. The van der Waals surface area contributed by atoms with Crippen molar-refractivity contribution in [2.24, 2.45) is 34.0 Å². The summed E-state index contributed by atoms with van der Waals surface area (Å²) >= 11 is 0. The molecule has 1 saturated heterocycles. The van der Waals surface area contributed by atoms with Crippen molar-refractivity contribution in [1.82, 2.24) is 15.5 Å². The second kappa shape index (κ2) is 8.66. The van der Waals surface area contributed by atoms with Gasteiger partial charge < -0.3 is 15.5 Å². The normalized spacial score (nSPS) is 30.7. The fourth-order valence-electron chi connectivity index (χ4n) is 6.20. The Labute approximate surface area is 203 Å². The van der Waals surface area contributed by atoms with Crippen LogP contribution in [0, 0.1) is 45.3 Å². The van der Waals surface area contributed by atoms with Gasteiger partial charge in [0.15, 0.2) is 0 Å². The maximum atomic E-state index is 13.6. The highest BCUT2D eigenvalue weighted by Crippen LogP contribution is 2.65. The number of hydrogen-bond acceptors (Lipinski definition) is 5. The highest BCUT2D eigenvalue weighted by Gasteiger charge is 2.69. The molecule has 3 amide bonds. The van der Waals surface area contributed by atoms with Crippen molar-refractivity contribution in [2.45, 2.75) is 92.8 Å². The molecule has 0 aromatic rings. The van der Waals surface area contributed by atoms with Gasteiger partial charge in [0.1, 0.15) is 23.9 Å². The van der Waals surface area contributed by atoms with Gasteiger partial charge in [-0.2, -0.15) is 5.26 Å². The molecule has 0 aromatic heterocycles.